The van der Waals surface area contributed by atoms with Gasteiger partial charge in [-0.05, 0) is 31.7 Å². The van der Waals surface area contributed by atoms with Crippen molar-refractivity contribution in [3.8, 4) is 5.88 Å². The van der Waals surface area contributed by atoms with Crippen molar-refractivity contribution in [3.05, 3.63) is 12.1 Å². The number of hydrogen-bond acceptors (Lipinski definition) is 7. The average molecular weight is 378 g/mol. The third-order valence-electron chi connectivity index (χ3n) is 4.29. The summed E-state index contributed by atoms with van der Waals surface area (Å²) in [6.45, 7) is 4.67. The Morgan fingerprint density at radius 3 is 2.85 bits per heavy atom. The number of pyridine rings is 1. The van der Waals surface area contributed by atoms with Gasteiger partial charge in [-0.1, -0.05) is 11.3 Å². The highest BCUT2D eigenvalue weighted by atomic mass is 32.1. The number of anilines is 1. The van der Waals surface area contributed by atoms with Crippen LogP contribution in [0.4, 0.5) is 5.13 Å². The second-order valence-electron chi connectivity index (χ2n) is 7.07. The molecule has 1 amide bonds. The summed E-state index contributed by atoms with van der Waals surface area (Å²) in [4.78, 5) is 22.9. The molecule has 1 aliphatic carbocycles. The predicted molar refractivity (Wildman–Crippen MR) is 103 cm³/mol. The van der Waals surface area contributed by atoms with Crippen LogP contribution >= 0.6 is 11.3 Å². The quantitative estimate of drug-likeness (QED) is 0.760. The number of nitrogens with zero attached hydrogens (tertiary/aromatic N) is 3. The number of aromatic nitrogens is 2. The summed E-state index contributed by atoms with van der Waals surface area (Å²) in [6, 6.07) is 3.88. The van der Waals surface area contributed by atoms with E-state index in [0.29, 0.717) is 25.0 Å². The molecule has 1 saturated carbocycles. The molecule has 7 nitrogen and oxygen atoms in total. The Balaban J connectivity index is 1.40. The van der Waals surface area contributed by atoms with Crippen LogP contribution < -0.4 is 15.0 Å². The fraction of sp³-hybridized carbons (Fsp3) is 0.611. The van der Waals surface area contributed by atoms with E-state index in [1.54, 1.807) is 11.3 Å². The highest BCUT2D eigenvalue weighted by molar-refractivity contribution is 7.21. The van der Waals surface area contributed by atoms with Crippen LogP contribution in [0, 0.1) is 5.92 Å². The number of amides is 1. The molecule has 3 rings (SSSR count). The summed E-state index contributed by atoms with van der Waals surface area (Å²) in [5.74, 6) is 1.12. The highest BCUT2D eigenvalue weighted by Gasteiger charge is 2.30. The Morgan fingerprint density at radius 2 is 2.15 bits per heavy atom. The van der Waals surface area contributed by atoms with Crippen molar-refractivity contribution < 1.29 is 14.3 Å². The molecule has 26 heavy (non-hydrogen) atoms. The first-order chi connectivity index (χ1) is 12.4. The summed E-state index contributed by atoms with van der Waals surface area (Å²) in [6.07, 6.45) is 2.24. The van der Waals surface area contributed by atoms with E-state index in [9.17, 15) is 4.79 Å². The molecule has 0 unspecified atom stereocenters. The third kappa shape index (κ3) is 4.82. The van der Waals surface area contributed by atoms with E-state index in [2.05, 4.69) is 15.3 Å². The number of carbonyl (C=O) groups is 1. The Hall–Kier alpha value is -1.93. The van der Waals surface area contributed by atoms with Crippen molar-refractivity contribution in [1.29, 1.82) is 0 Å². The van der Waals surface area contributed by atoms with Gasteiger partial charge in [-0.3, -0.25) is 4.79 Å². The van der Waals surface area contributed by atoms with Crippen LogP contribution in [0.2, 0.25) is 0 Å². The lowest BCUT2D eigenvalue weighted by Gasteiger charge is -2.35. The summed E-state index contributed by atoms with van der Waals surface area (Å²) >= 11 is 1.56. The largest absolute Gasteiger partial charge is 0.477 e. The molecule has 0 bridgehead atoms. The number of nitrogens with one attached hydrogen (secondary N) is 1. The Morgan fingerprint density at radius 1 is 1.38 bits per heavy atom. The van der Waals surface area contributed by atoms with E-state index >= 15 is 0 Å². The Labute approximate surface area is 157 Å². The molecule has 2 heterocycles. The first kappa shape index (κ1) is 18.8. The zero-order chi connectivity index (χ0) is 18.7. The molecular formula is C18H26N4O3S. The van der Waals surface area contributed by atoms with Crippen LogP contribution in [-0.2, 0) is 9.53 Å². The van der Waals surface area contributed by atoms with Gasteiger partial charge in [0.1, 0.15) is 10.3 Å². The Bertz CT molecular complexity index is 758. The van der Waals surface area contributed by atoms with Crippen molar-refractivity contribution in [1.82, 2.24) is 15.3 Å². The number of carbonyl (C=O) groups excluding carboxylic acids is 1. The average Bonchev–Trinajstić information content (AvgIpc) is 2.95. The molecule has 0 radical (unpaired) electrons. The van der Waals surface area contributed by atoms with E-state index < -0.39 is 0 Å². The molecule has 8 heteroatoms. The SMILES string of the molecule is CC(=O)N[C@@H](C)COC1CC(COc2ccc3nc(N(C)C)sc3n2)C1. The second-order valence-corrected chi connectivity index (χ2v) is 8.03. The number of fused-ring (bicyclic) bond motifs is 1. The van der Waals surface area contributed by atoms with Gasteiger partial charge < -0.3 is 19.7 Å². The molecule has 1 aliphatic rings. The summed E-state index contributed by atoms with van der Waals surface area (Å²) in [5, 5.41) is 3.77. The molecule has 1 atom stereocenters. The van der Waals surface area contributed by atoms with E-state index in [1.165, 1.54) is 6.92 Å². The van der Waals surface area contributed by atoms with Crippen LogP contribution in [0.15, 0.2) is 12.1 Å². The topological polar surface area (TPSA) is 76.6 Å². The lowest BCUT2D eigenvalue weighted by Crippen LogP contribution is -2.40. The van der Waals surface area contributed by atoms with Gasteiger partial charge in [0.25, 0.3) is 0 Å². The fourth-order valence-electron chi connectivity index (χ4n) is 2.88. The lowest BCUT2D eigenvalue weighted by molar-refractivity contribution is -0.120. The van der Waals surface area contributed by atoms with Crippen LogP contribution in [-0.4, -0.2) is 55.3 Å². The summed E-state index contributed by atoms with van der Waals surface area (Å²) < 4.78 is 11.7. The van der Waals surface area contributed by atoms with Crippen LogP contribution in [0.25, 0.3) is 10.3 Å². The minimum Gasteiger partial charge on any atom is -0.477 e. The van der Waals surface area contributed by atoms with Gasteiger partial charge in [-0.15, -0.1) is 0 Å². The van der Waals surface area contributed by atoms with Crippen molar-refractivity contribution in [2.45, 2.75) is 38.8 Å². The number of thiazole rings is 1. The first-order valence-corrected chi connectivity index (χ1v) is 9.68. The molecule has 2 aromatic rings. The molecule has 0 saturated heterocycles. The summed E-state index contributed by atoms with van der Waals surface area (Å²) in [5.41, 5.74) is 0.899. The molecule has 1 N–H and O–H groups in total. The van der Waals surface area contributed by atoms with Crippen LogP contribution in [0.3, 0.4) is 0 Å². The van der Waals surface area contributed by atoms with Crippen molar-refractivity contribution in [2.24, 2.45) is 5.92 Å². The zero-order valence-corrected chi connectivity index (χ0v) is 16.5. The van der Waals surface area contributed by atoms with E-state index in [4.69, 9.17) is 9.47 Å². The second kappa shape index (κ2) is 8.18. The Kier molecular flexibility index (Phi) is 5.93. The van der Waals surface area contributed by atoms with Crippen molar-refractivity contribution in [3.63, 3.8) is 0 Å². The van der Waals surface area contributed by atoms with Gasteiger partial charge in [0.15, 0.2) is 5.13 Å². The molecule has 142 valence electrons. The molecule has 1 fully saturated rings. The van der Waals surface area contributed by atoms with Gasteiger partial charge >= 0.3 is 0 Å². The van der Waals surface area contributed by atoms with E-state index in [1.807, 2.05) is 38.1 Å². The minimum absolute atomic E-state index is 0.0240. The molecule has 2 aromatic heterocycles. The number of rotatable bonds is 8. The fourth-order valence-corrected chi connectivity index (χ4v) is 3.73. The maximum Gasteiger partial charge on any atom is 0.217 e. The van der Waals surface area contributed by atoms with Gasteiger partial charge in [-0.2, -0.15) is 0 Å². The van der Waals surface area contributed by atoms with Gasteiger partial charge in [0.05, 0.1) is 19.3 Å². The summed E-state index contributed by atoms with van der Waals surface area (Å²) in [7, 11) is 3.95. The highest BCUT2D eigenvalue weighted by Crippen LogP contribution is 2.31. The monoisotopic (exact) mass is 378 g/mol. The van der Waals surface area contributed by atoms with Gasteiger partial charge in [-0.25, -0.2) is 9.97 Å². The normalized spacial score (nSPS) is 20.5. The van der Waals surface area contributed by atoms with E-state index in [-0.39, 0.29) is 18.1 Å². The first-order valence-electron chi connectivity index (χ1n) is 8.87. The minimum atomic E-state index is -0.0240. The van der Waals surface area contributed by atoms with Gasteiger partial charge in [0.2, 0.25) is 11.8 Å². The maximum atomic E-state index is 11.0. The van der Waals surface area contributed by atoms with Crippen LogP contribution in [0.1, 0.15) is 26.7 Å². The smallest absolute Gasteiger partial charge is 0.217 e. The molecule has 0 aliphatic heterocycles. The standard InChI is InChI=1S/C18H26N4O3S/c1-11(19-12(2)23)9-24-14-7-13(8-14)10-25-16-6-5-15-17(21-16)26-18(20-15)22(3)4/h5-6,11,13-14H,7-10H2,1-4H3,(H,19,23)/t11-,13?,14?/m0/s1. The molecular weight excluding hydrogens is 352 g/mol. The third-order valence-corrected chi connectivity index (χ3v) is 5.43. The molecule has 0 spiro atoms. The maximum absolute atomic E-state index is 11.0. The number of ether oxygens (including phenoxy) is 2. The zero-order valence-electron chi connectivity index (χ0n) is 15.7. The van der Waals surface area contributed by atoms with Gasteiger partial charge in [0, 0.05) is 33.1 Å². The van der Waals surface area contributed by atoms with Crippen molar-refractivity contribution in [2.75, 3.05) is 32.2 Å². The number of hydrogen-bond donors (Lipinski definition) is 1. The molecule has 0 aromatic carbocycles. The van der Waals surface area contributed by atoms with E-state index in [0.717, 1.165) is 28.3 Å². The predicted octanol–water partition coefficient (Wildman–Crippen LogP) is 2.46. The van der Waals surface area contributed by atoms with Crippen LogP contribution in [0.5, 0.6) is 5.88 Å². The lowest BCUT2D eigenvalue weighted by atomic mass is 9.83. The van der Waals surface area contributed by atoms with Crippen molar-refractivity contribution >= 4 is 32.7 Å².